The van der Waals surface area contributed by atoms with Gasteiger partial charge in [0.2, 0.25) is 5.91 Å². The zero-order chi connectivity index (χ0) is 8.85. The highest BCUT2D eigenvalue weighted by Crippen LogP contribution is 1.99. The molecule has 0 aliphatic carbocycles. The quantitative estimate of drug-likeness (QED) is 0.606. The molecule has 4 nitrogen and oxygen atoms in total. The van der Waals surface area contributed by atoms with Crippen LogP contribution in [0.4, 0.5) is 0 Å². The van der Waals surface area contributed by atoms with Gasteiger partial charge in [0, 0.05) is 13.5 Å². The lowest BCUT2D eigenvalue weighted by Gasteiger charge is -2.03. The summed E-state index contributed by atoms with van der Waals surface area (Å²) in [6, 6.07) is 0. The molecule has 0 radical (unpaired) electrons. The van der Waals surface area contributed by atoms with Crippen molar-refractivity contribution in [1.29, 1.82) is 0 Å². The lowest BCUT2D eigenvalue weighted by Crippen LogP contribution is -2.25. The van der Waals surface area contributed by atoms with Crippen LogP contribution in [0.5, 0.6) is 0 Å². The van der Waals surface area contributed by atoms with E-state index in [1.54, 1.807) is 0 Å². The lowest BCUT2D eigenvalue weighted by molar-refractivity contribution is -0.136. The Bertz CT molecular complexity index is 160. The molecule has 0 fully saturated rings. The number of rotatable bonds is 4. The fraction of sp³-hybridized carbons (Fsp3) is 0.667. The summed E-state index contributed by atoms with van der Waals surface area (Å²) >= 11 is 5.35. The minimum absolute atomic E-state index is 0.181. The zero-order valence-electron chi connectivity index (χ0n) is 6.13. The number of halogens is 1. The SMILES string of the molecule is CC(=O)NCCC(Cl)C(=O)O. The first kappa shape index (κ1) is 10.2. The molecule has 64 valence electrons. The minimum atomic E-state index is -1.06. The first-order valence-corrected chi connectivity index (χ1v) is 3.59. The number of carboxylic acid groups (broad SMARTS) is 1. The highest BCUT2D eigenvalue weighted by atomic mass is 35.5. The number of amides is 1. The highest BCUT2D eigenvalue weighted by molar-refractivity contribution is 6.29. The van der Waals surface area contributed by atoms with Gasteiger partial charge >= 0.3 is 5.97 Å². The number of hydrogen-bond donors (Lipinski definition) is 2. The Morgan fingerprint density at radius 2 is 2.18 bits per heavy atom. The van der Waals surface area contributed by atoms with Gasteiger partial charge in [-0.3, -0.25) is 9.59 Å². The maximum Gasteiger partial charge on any atom is 0.321 e. The number of aliphatic carboxylic acids is 1. The Morgan fingerprint density at radius 3 is 2.55 bits per heavy atom. The number of carboxylic acids is 1. The number of alkyl halides is 1. The van der Waals surface area contributed by atoms with Crippen LogP contribution in [0.3, 0.4) is 0 Å². The van der Waals surface area contributed by atoms with Crippen LogP contribution in [0.2, 0.25) is 0 Å². The second-order valence-corrected chi connectivity index (χ2v) is 2.60. The Hall–Kier alpha value is -0.770. The van der Waals surface area contributed by atoms with E-state index < -0.39 is 11.3 Å². The van der Waals surface area contributed by atoms with Gasteiger partial charge in [0.05, 0.1) is 0 Å². The smallest absolute Gasteiger partial charge is 0.321 e. The van der Waals surface area contributed by atoms with E-state index in [0.717, 1.165) is 0 Å². The molecule has 0 aromatic carbocycles. The van der Waals surface area contributed by atoms with Crippen LogP contribution in [0.1, 0.15) is 13.3 Å². The van der Waals surface area contributed by atoms with Crippen LogP contribution in [0.25, 0.3) is 0 Å². The third-order valence-electron chi connectivity index (χ3n) is 1.04. The maximum atomic E-state index is 10.3. The van der Waals surface area contributed by atoms with Gasteiger partial charge in [-0.15, -0.1) is 11.6 Å². The van der Waals surface area contributed by atoms with Gasteiger partial charge in [-0.25, -0.2) is 0 Å². The monoisotopic (exact) mass is 179 g/mol. The Morgan fingerprint density at radius 1 is 1.64 bits per heavy atom. The molecule has 1 amide bonds. The topological polar surface area (TPSA) is 66.4 Å². The van der Waals surface area contributed by atoms with Crippen molar-refractivity contribution < 1.29 is 14.7 Å². The molecule has 1 atom stereocenters. The van der Waals surface area contributed by atoms with Gasteiger partial charge < -0.3 is 10.4 Å². The lowest BCUT2D eigenvalue weighted by atomic mass is 10.3. The van der Waals surface area contributed by atoms with E-state index in [-0.39, 0.29) is 12.3 Å². The molecule has 0 spiro atoms. The largest absolute Gasteiger partial charge is 0.480 e. The average molecular weight is 180 g/mol. The number of carbonyl (C=O) groups is 2. The molecule has 0 aliphatic rings. The molecule has 5 heteroatoms. The number of nitrogens with one attached hydrogen (secondary N) is 1. The standard InChI is InChI=1S/C6H10ClNO3/c1-4(9)8-3-2-5(7)6(10)11/h5H,2-3H2,1H3,(H,8,9)(H,10,11). The van der Waals surface area contributed by atoms with Crippen molar-refractivity contribution >= 4 is 23.5 Å². The molecule has 0 saturated carbocycles. The molecule has 0 aliphatic heterocycles. The first-order chi connectivity index (χ1) is 5.04. The first-order valence-electron chi connectivity index (χ1n) is 3.15. The molecule has 0 aromatic rings. The number of carbonyl (C=O) groups excluding carboxylic acids is 1. The molecule has 0 heterocycles. The number of hydrogen-bond acceptors (Lipinski definition) is 2. The van der Waals surface area contributed by atoms with Crippen LogP contribution in [0, 0.1) is 0 Å². The summed E-state index contributed by atoms with van der Waals surface area (Å²) in [6.45, 7) is 1.67. The predicted molar refractivity (Wildman–Crippen MR) is 40.6 cm³/mol. The molecule has 2 N–H and O–H groups in total. The Labute approximate surface area is 69.5 Å². The Balaban J connectivity index is 3.39. The maximum absolute atomic E-state index is 10.3. The molecular weight excluding hydrogens is 170 g/mol. The van der Waals surface area contributed by atoms with E-state index in [4.69, 9.17) is 16.7 Å². The van der Waals surface area contributed by atoms with Gasteiger partial charge in [-0.1, -0.05) is 0 Å². The summed E-state index contributed by atoms with van der Waals surface area (Å²) in [5.41, 5.74) is 0. The average Bonchev–Trinajstić information content (AvgIpc) is 1.86. The molecule has 0 aromatic heterocycles. The normalized spacial score (nSPS) is 12.2. The van der Waals surface area contributed by atoms with Crippen molar-refractivity contribution in [1.82, 2.24) is 5.32 Å². The second kappa shape index (κ2) is 4.96. The molecule has 0 saturated heterocycles. The van der Waals surface area contributed by atoms with Crippen molar-refractivity contribution in [2.75, 3.05) is 6.54 Å². The molecule has 11 heavy (non-hydrogen) atoms. The van der Waals surface area contributed by atoms with Crippen molar-refractivity contribution in [3.8, 4) is 0 Å². The van der Waals surface area contributed by atoms with Crippen molar-refractivity contribution in [2.24, 2.45) is 0 Å². The highest BCUT2D eigenvalue weighted by Gasteiger charge is 2.12. The van der Waals surface area contributed by atoms with Gasteiger partial charge in [0.15, 0.2) is 0 Å². The summed E-state index contributed by atoms with van der Waals surface area (Å²) < 4.78 is 0. The van der Waals surface area contributed by atoms with E-state index >= 15 is 0 Å². The predicted octanol–water partition coefficient (Wildman–Crippen LogP) is 0.205. The van der Waals surface area contributed by atoms with Crippen LogP contribution >= 0.6 is 11.6 Å². The zero-order valence-corrected chi connectivity index (χ0v) is 6.89. The van der Waals surface area contributed by atoms with Crippen molar-refractivity contribution in [3.63, 3.8) is 0 Å². The second-order valence-electron chi connectivity index (χ2n) is 2.08. The molecule has 0 rings (SSSR count). The van der Waals surface area contributed by atoms with Gasteiger partial charge in [0.25, 0.3) is 0 Å². The third kappa shape index (κ3) is 5.66. The molecule has 0 bridgehead atoms. The molecular formula is C6H10ClNO3. The van der Waals surface area contributed by atoms with Crippen LogP contribution in [0.15, 0.2) is 0 Å². The fourth-order valence-corrected chi connectivity index (χ4v) is 0.608. The van der Waals surface area contributed by atoms with E-state index in [9.17, 15) is 9.59 Å². The van der Waals surface area contributed by atoms with E-state index in [1.165, 1.54) is 6.92 Å². The summed E-state index contributed by atoms with van der Waals surface area (Å²) in [4.78, 5) is 20.4. The minimum Gasteiger partial charge on any atom is -0.480 e. The Kier molecular flexibility index (Phi) is 4.61. The molecule has 1 unspecified atom stereocenters. The summed E-state index contributed by atoms with van der Waals surface area (Å²) in [7, 11) is 0. The van der Waals surface area contributed by atoms with Gasteiger partial charge in [-0.05, 0) is 6.42 Å². The van der Waals surface area contributed by atoms with Crippen molar-refractivity contribution in [2.45, 2.75) is 18.7 Å². The fourth-order valence-electron chi connectivity index (χ4n) is 0.498. The summed E-state index contributed by atoms with van der Waals surface area (Å²) in [6.07, 6.45) is 0.246. The van der Waals surface area contributed by atoms with E-state index in [1.807, 2.05) is 0 Å². The van der Waals surface area contributed by atoms with Crippen LogP contribution < -0.4 is 5.32 Å². The van der Waals surface area contributed by atoms with Crippen molar-refractivity contribution in [3.05, 3.63) is 0 Å². The van der Waals surface area contributed by atoms with Crippen LogP contribution in [-0.2, 0) is 9.59 Å². The van der Waals surface area contributed by atoms with E-state index in [0.29, 0.717) is 6.54 Å². The third-order valence-corrected chi connectivity index (χ3v) is 1.44. The van der Waals surface area contributed by atoms with Crippen LogP contribution in [-0.4, -0.2) is 28.9 Å². The van der Waals surface area contributed by atoms with E-state index in [2.05, 4.69) is 5.32 Å². The summed E-state index contributed by atoms with van der Waals surface area (Å²) in [5.74, 6) is -1.24. The summed E-state index contributed by atoms with van der Waals surface area (Å²) in [5, 5.41) is 9.83. The van der Waals surface area contributed by atoms with Gasteiger partial charge in [0.1, 0.15) is 5.38 Å². The van der Waals surface area contributed by atoms with Gasteiger partial charge in [-0.2, -0.15) is 0 Å².